The number of amides is 2. The van der Waals surface area contributed by atoms with Crippen molar-refractivity contribution < 1.29 is 19.1 Å². The van der Waals surface area contributed by atoms with Gasteiger partial charge in [-0.1, -0.05) is 31.4 Å². The Hall–Kier alpha value is -3.28. The van der Waals surface area contributed by atoms with Gasteiger partial charge >= 0.3 is 0 Å². The van der Waals surface area contributed by atoms with Crippen LogP contribution in [0.4, 0.5) is 5.69 Å². The van der Waals surface area contributed by atoms with Crippen LogP contribution >= 0.6 is 0 Å². The molecule has 0 radical (unpaired) electrons. The third-order valence-electron chi connectivity index (χ3n) is 5.02. The summed E-state index contributed by atoms with van der Waals surface area (Å²) in [4.78, 5) is 22.9. The quantitative estimate of drug-likeness (QED) is 0.610. The van der Waals surface area contributed by atoms with Crippen LogP contribution in [0, 0.1) is 5.92 Å². The molecule has 2 aromatic carbocycles. The van der Waals surface area contributed by atoms with Gasteiger partial charge in [-0.2, -0.15) is 0 Å². The van der Waals surface area contributed by atoms with Gasteiger partial charge in [-0.05, 0) is 66.8 Å². The van der Waals surface area contributed by atoms with E-state index in [-0.39, 0.29) is 12.5 Å². The molecule has 0 aliphatic heterocycles. The third-order valence-corrected chi connectivity index (χ3v) is 5.02. The third kappa shape index (κ3) is 7.28. The van der Waals surface area contributed by atoms with E-state index in [0.29, 0.717) is 17.4 Å². The average molecular weight is 408 g/mol. The summed E-state index contributed by atoms with van der Waals surface area (Å²) in [5.41, 5.74) is 6.59. The maximum absolute atomic E-state index is 12.1. The first-order valence-corrected chi connectivity index (χ1v) is 10.3. The van der Waals surface area contributed by atoms with E-state index in [1.54, 1.807) is 30.3 Å². The number of benzene rings is 2. The van der Waals surface area contributed by atoms with Crippen LogP contribution in [0.25, 0.3) is 6.08 Å². The molecule has 1 fully saturated rings. The Morgan fingerprint density at radius 3 is 2.23 bits per heavy atom. The molecule has 158 valence electrons. The van der Waals surface area contributed by atoms with Crippen LogP contribution in [0.5, 0.6) is 11.5 Å². The van der Waals surface area contributed by atoms with Gasteiger partial charge in [0.1, 0.15) is 11.5 Å². The molecule has 0 aromatic heterocycles. The summed E-state index contributed by atoms with van der Waals surface area (Å²) in [6, 6.07) is 14.5. The van der Waals surface area contributed by atoms with E-state index in [1.165, 1.54) is 38.2 Å². The first-order valence-electron chi connectivity index (χ1n) is 10.3. The second-order valence-corrected chi connectivity index (χ2v) is 7.49. The van der Waals surface area contributed by atoms with Crippen molar-refractivity contribution in [3.05, 3.63) is 60.2 Å². The molecular weight excluding hydrogens is 380 g/mol. The summed E-state index contributed by atoms with van der Waals surface area (Å²) in [5.74, 6) is 1.28. The van der Waals surface area contributed by atoms with Crippen molar-refractivity contribution in [2.24, 2.45) is 11.7 Å². The molecule has 3 rings (SSSR count). The Kier molecular flexibility index (Phi) is 7.89. The molecule has 3 N–H and O–H groups in total. The Morgan fingerprint density at radius 2 is 1.57 bits per heavy atom. The molecule has 6 heteroatoms. The molecule has 1 saturated carbocycles. The van der Waals surface area contributed by atoms with Crippen LogP contribution in [-0.4, -0.2) is 25.0 Å². The van der Waals surface area contributed by atoms with Crippen molar-refractivity contribution in [3.8, 4) is 11.5 Å². The van der Waals surface area contributed by atoms with E-state index in [0.717, 1.165) is 17.9 Å². The molecule has 30 heavy (non-hydrogen) atoms. The summed E-state index contributed by atoms with van der Waals surface area (Å²) in [7, 11) is 0. The van der Waals surface area contributed by atoms with Crippen molar-refractivity contribution >= 4 is 23.6 Å². The number of hydrogen-bond acceptors (Lipinski definition) is 4. The lowest BCUT2D eigenvalue weighted by Crippen LogP contribution is -2.19. The molecule has 0 heterocycles. The lowest BCUT2D eigenvalue weighted by Gasteiger charge is -2.21. The standard InChI is InChI=1S/C24H28N2O4/c25-23(27)17-30-21-11-6-18(7-12-21)8-15-24(28)26-20-9-13-22(14-10-20)29-16-19-4-2-1-3-5-19/h6-15,19H,1-5,16-17H2,(H2,25,27)(H,26,28)/b15-8+. The highest BCUT2D eigenvalue weighted by Gasteiger charge is 2.13. The van der Waals surface area contributed by atoms with Gasteiger partial charge in [-0.25, -0.2) is 0 Å². The molecule has 0 unspecified atom stereocenters. The number of anilines is 1. The molecule has 0 saturated heterocycles. The van der Waals surface area contributed by atoms with Gasteiger partial charge in [-0.15, -0.1) is 0 Å². The van der Waals surface area contributed by atoms with Gasteiger partial charge in [0.25, 0.3) is 5.91 Å². The predicted molar refractivity (Wildman–Crippen MR) is 117 cm³/mol. The summed E-state index contributed by atoms with van der Waals surface area (Å²) in [5, 5.41) is 2.83. The lowest BCUT2D eigenvalue weighted by molar-refractivity contribution is -0.120. The minimum Gasteiger partial charge on any atom is -0.493 e. The van der Waals surface area contributed by atoms with E-state index in [4.69, 9.17) is 15.2 Å². The molecular formula is C24H28N2O4. The zero-order valence-corrected chi connectivity index (χ0v) is 17.0. The second-order valence-electron chi connectivity index (χ2n) is 7.49. The SMILES string of the molecule is NC(=O)COc1ccc(/C=C/C(=O)Nc2ccc(OCC3CCCCC3)cc2)cc1. The van der Waals surface area contributed by atoms with E-state index < -0.39 is 5.91 Å². The monoisotopic (exact) mass is 408 g/mol. The smallest absolute Gasteiger partial charge is 0.255 e. The predicted octanol–water partition coefficient (Wildman–Crippen LogP) is 4.16. The number of primary amides is 1. The minimum atomic E-state index is -0.528. The minimum absolute atomic E-state index is 0.165. The van der Waals surface area contributed by atoms with Gasteiger partial charge in [0.15, 0.2) is 6.61 Å². The molecule has 0 bridgehead atoms. The Balaban J connectivity index is 1.44. The highest BCUT2D eigenvalue weighted by molar-refractivity contribution is 6.01. The van der Waals surface area contributed by atoms with Gasteiger partial charge in [0.2, 0.25) is 5.91 Å². The van der Waals surface area contributed by atoms with Crippen molar-refractivity contribution in [2.75, 3.05) is 18.5 Å². The van der Waals surface area contributed by atoms with Crippen LogP contribution in [0.1, 0.15) is 37.7 Å². The van der Waals surface area contributed by atoms with Gasteiger partial charge in [0.05, 0.1) is 6.61 Å². The Morgan fingerprint density at radius 1 is 0.933 bits per heavy atom. The fourth-order valence-corrected chi connectivity index (χ4v) is 3.39. The fraction of sp³-hybridized carbons (Fsp3) is 0.333. The summed E-state index contributed by atoms with van der Waals surface area (Å²) < 4.78 is 11.1. The second kappa shape index (κ2) is 11.0. The molecule has 1 aliphatic rings. The normalized spacial score (nSPS) is 14.4. The number of carbonyl (C=O) groups excluding carboxylic acids is 2. The average Bonchev–Trinajstić information content (AvgIpc) is 2.77. The number of ether oxygens (including phenoxy) is 2. The van der Waals surface area contributed by atoms with Crippen LogP contribution in [0.15, 0.2) is 54.6 Å². The fourth-order valence-electron chi connectivity index (χ4n) is 3.39. The van der Waals surface area contributed by atoms with Gasteiger partial charge in [-0.3, -0.25) is 9.59 Å². The maximum Gasteiger partial charge on any atom is 0.255 e. The number of carbonyl (C=O) groups is 2. The van der Waals surface area contributed by atoms with Gasteiger partial charge < -0.3 is 20.5 Å². The molecule has 2 aromatic rings. The van der Waals surface area contributed by atoms with Crippen molar-refractivity contribution in [1.29, 1.82) is 0 Å². The summed E-state index contributed by atoms with van der Waals surface area (Å²) >= 11 is 0. The van der Waals surface area contributed by atoms with Crippen molar-refractivity contribution in [3.63, 3.8) is 0 Å². The van der Waals surface area contributed by atoms with E-state index in [1.807, 2.05) is 24.3 Å². The maximum atomic E-state index is 12.1. The zero-order chi connectivity index (χ0) is 21.2. The summed E-state index contributed by atoms with van der Waals surface area (Å²) in [6.45, 7) is 0.600. The molecule has 6 nitrogen and oxygen atoms in total. The van der Waals surface area contributed by atoms with E-state index >= 15 is 0 Å². The topological polar surface area (TPSA) is 90.7 Å². The molecule has 0 spiro atoms. The Labute approximate surface area is 177 Å². The van der Waals surface area contributed by atoms with E-state index in [9.17, 15) is 9.59 Å². The highest BCUT2D eigenvalue weighted by Crippen LogP contribution is 2.25. The first kappa shape index (κ1) is 21.4. The molecule has 2 amide bonds. The van der Waals surface area contributed by atoms with Crippen LogP contribution in [0.3, 0.4) is 0 Å². The number of hydrogen-bond donors (Lipinski definition) is 2. The summed E-state index contributed by atoms with van der Waals surface area (Å²) in [6.07, 6.45) is 9.63. The Bertz CT molecular complexity index is 854. The van der Waals surface area contributed by atoms with Gasteiger partial charge in [0, 0.05) is 11.8 Å². The molecule has 1 aliphatic carbocycles. The lowest BCUT2D eigenvalue weighted by atomic mass is 9.90. The number of rotatable bonds is 9. The first-order chi connectivity index (χ1) is 14.6. The number of nitrogens with one attached hydrogen (secondary N) is 1. The highest BCUT2D eigenvalue weighted by atomic mass is 16.5. The van der Waals surface area contributed by atoms with Crippen molar-refractivity contribution in [1.82, 2.24) is 0 Å². The zero-order valence-electron chi connectivity index (χ0n) is 17.0. The van der Waals surface area contributed by atoms with Crippen LogP contribution in [0.2, 0.25) is 0 Å². The van der Waals surface area contributed by atoms with E-state index in [2.05, 4.69) is 5.32 Å². The molecule has 0 atom stereocenters. The van der Waals surface area contributed by atoms with Crippen molar-refractivity contribution in [2.45, 2.75) is 32.1 Å². The van der Waals surface area contributed by atoms with Crippen LogP contribution in [-0.2, 0) is 9.59 Å². The largest absolute Gasteiger partial charge is 0.493 e. The van der Waals surface area contributed by atoms with Crippen LogP contribution < -0.4 is 20.5 Å². The number of nitrogens with two attached hydrogens (primary N) is 1.